The highest BCUT2D eigenvalue weighted by Crippen LogP contribution is 2.40. The Labute approximate surface area is 237 Å². The first-order chi connectivity index (χ1) is 19.1. The zero-order valence-electron chi connectivity index (χ0n) is 22.7. The van der Waals surface area contributed by atoms with Crippen LogP contribution in [0.5, 0.6) is 5.75 Å². The molecule has 8 heteroatoms. The number of halogens is 1. The van der Waals surface area contributed by atoms with Crippen LogP contribution in [-0.4, -0.2) is 28.6 Å². The van der Waals surface area contributed by atoms with Crippen molar-refractivity contribution in [2.45, 2.75) is 39.7 Å². The van der Waals surface area contributed by atoms with E-state index in [2.05, 4.69) is 25.8 Å². The Balaban J connectivity index is 1.64. The molecule has 0 atom stereocenters. The van der Waals surface area contributed by atoms with Gasteiger partial charge in [-0.1, -0.05) is 75.0 Å². The molecule has 4 rings (SSSR count). The molecule has 1 aliphatic rings. The molecule has 6 nitrogen and oxygen atoms in total. The zero-order chi connectivity index (χ0) is 28.9. The summed E-state index contributed by atoms with van der Waals surface area (Å²) in [4.78, 5) is 30.3. The second-order valence-electron chi connectivity index (χ2n) is 10.1. The molecular formula is C32H30FNO5S. The van der Waals surface area contributed by atoms with Crippen LogP contribution in [0.15, 0.2) is 94.0 Å². The van der Waals surface area contributed by atoms with Crippen LogP contribution >= 0.6 is 11.8 Å². The van der Waals surface area contributed by atoms with Crippen LogP contribution in [0.25, 0.3) is 6.08 Å². The number of aliphatic hydroxyl groups is 1. The largest absolute Gasteiger partial charge is 0.506 e. The lowest BCUT2D eigenvalue weighted by Gasteiger charge is -2.18. The quantitative estimate of drug-likeness (QED) is 0.304. The lowest BCUT2D eigenvalue weighted by Crippen LogP contribution is -2.14. The van der Waals surface area contributed by atoms with Crippen molar-refractivity contribution in [2.24, 2.45) is 4.99 Å². The van der Waals surface area contributed by atoms with Crippen molar-refractivity contribution >= 4 is 34.8 Å². The van der Waals surface area contributed by atoms with E-state index in [0.29, 0.717) is 21.8 Å². The van der Waals surface area contributed by atoms with E-state index in [-0.39, 0.29) is 40.8 Å². The molecule has 0 saturated heterocycles. The number of nitrogens with zero attached hydrogens (tertiary/aromatic N) is 1. The van der Waals surface area contributed by atoms with Crippen molar-refractivity contribution in [2.75, 3.05) is 6.61 Å². The van der Waals surface area contributed by atoms with Crippen molar-refractivity contribution in [1.82, 2.24) is 0 Å². The number of hydrogen-bond donors (Lipinski definition) is 1. The first-order valence-corrected chi connectivity index (χ1v) is 13.6. The summed E-state index contributed by atoms with van der Waals surface area (Å²) >= 11 is 0.999. The average molecular weight is 560 g/mol. The minimum Gasteiger partial charge on any atom is -0.506 e. The molecule has 0 unspecified atom stereocenters. The van der Waals surface area contributed by atoms with Crippen LogP contribution in [0.2, 0.25) is 0 Å². The molecule has 0 aromatic heterocycles. The summed E-state index contributed by atoms with van der Waals surface area (Å²) in [5, 5.41) is 11.1. The summed E-state index contributed by atoms with van der Waals surface area (Å²) in [5.74, 6) is -1.45. The second kappa shape index (κ2) is 12.3. The molecule has 0 radical (unpaired) electrons. The maximum atomic E-state index is 13.2. The van der Waals surface area contributed by atoms with Gasteiger partial charge in [-0.3, -0.25) is 4.79 Å². The molecule has 40 heavy (non-hydrogen) atoms. The van der Waals surface area contributed by atoms with Crippen LogP contribution in [0.1, 0.15) is 54.7 Å². The number of aliphatic hydroxyl groups excluding tert-OH is 1. The Bertz CT molecular complexity index is 1500. The van der Waals surface area contributed by atoms with Gasteiger partial charge in [0, 0.05) is 11.1 Å². The first kappa shape index (κ1) is 28.8. The van der Waals surface area contributed by atoms with Gasteiger partial charge in [-0.05, 0) is 59.9 Å². The molecule has 0 bridgehead atoms. The number of para-hydroxylation sites is 1. The number of aliphatic imine (C=N–C) groups is 1. The summed E-state index contributed by atoms with van der Waals surface area (Å²) in [7, 11) is 0. The Kier molecular flexibility index (Phi) is 8.90. The number of amides is 1. The fourth-order valence-corrected chi connectivity index (χ4v) is 4.88. The highest BCUT2D eigenvalue weighted by atomic mass is 32.2. The number of carbonyl (C=O) groups excluding carboxylic acids is 2. The van der Waals surface area contributed by atoms with Gasteiger partial charge in [0.15, 0.2) is 0 Å². The summed E-state index contributed by atoms with van der Waals surface area (Å²) < 4.78 is 24.3. The molecule has 1 aliphatic heterocycles. The molecule has 0 saturated carbocycles. The Hall–Kier alpha value is -4.17. The number of benzene rings is 3. The standard InChI is InChI=1S/C32H30FNO5S/c1-5-38-31(37)27-28(35)26(40-30(27)34-29(36)21-12-14-23(15-13-21)32(2,3)4)18-22-8-6-7-9-25(22)39-19-20-10-16-24(33)17-11-20/h6-18,35H,5,19H2,1-4H3. The molecule has 3 aromatic rings. The SMILES string of the molecule is CCOC(=O)C1=C(O)C(=Cc2ccccc2OCc2ccc(F)cc2)SC1=NC(=O)c1ccc(C(C)(C)C)cc1. The topological polar surface area (TPSA) is 85.2 Å². The summed E-state index contributed by atoms with van der Waals surface area (Å²) in [6.45, 7) is 8.20. The van der Waals surface area contributed by atoms with Gasteiger partial charge in [0.25, 0.3) is 5.91 Å². The number of rotatable bonds is 7. The van der Waals surface area contributed by atoms with Crippen molar-refractivity contribution in [3.05, 3.63) is 117 Å². The molecule has 3 aromatic carbocycles. The monoisotopic (exact) mass is 559 g/mol. The molecule has 0 fully saturated rings. The van der Waals surface area contributed by atoms with Crippen molar-refractivity contribution in [3.8, 4) is 5.75 Å². The maximum Gasteiger partial charge on any atom is 0.344 e. The third-order valence-electron chi connectivity index (χ3n) is 6.08. The Morgan fingerprint density at radius 3 is 2.33 bits per heavy atom. The number of hydrogen-bond acceptors (Lipinski definition) is 6. The summed E-state index contributed by atoms with van der Waals surface area (Å²) in [6.07, 6.45) is 1.66. The number of esters is 1. The third kappa shape index (κ3) is 6.87. The van der Waals surface area contributed by atoms with E-state index >= 15 is 0 Å². The van der Waals surface area contributed by atoms with Crippen molar-refractivity contribution < 1.29 is 28.6 Å². The Morgan fingerprint density at radius 2 is 1.68 bits per heavy atom. The van der Waals surface area contributed by atoms with Gasteiger partial charge >= 0.3 is 5.97 Å². The molecule has 1 heterocycles. The fraction of sp³-hybridized carbons (Fsp3) is 0.219. The predicted molar refractivity (Wildman–Crippen MR) is 156 cm³/mol. The molecule has 206 valence electrons. The number of carbonyl (C=O) groups is 2. The lowest BCUT2D eigenvalue weighted by atomic mass is 9.87. The summed E-state index contributed by atoms with van der Waals surface area (Å²) in [6, 6.07) is 20.3. The van der Waals surface area contributed by atoms with E-state index in [1.54, 1.807) is 55.5 Å². The van der Waals surface area contributed by atoms with Gasteiger partial charge < -0.3 is 14.6 Å². The van der Waals surface area contributed by atoms with Crippen LogP contribution < -0.4 is 4.74 Å². The van der Waals surface area contributed by atoms with Gasteiger partial charge in [0.1, 0.15) is 34.5 Å². The second-order valence-corrected chi connectivity index (χ2v) is 11.1. The highest BCUT2D eigenvalue weighted by Gasteiger charge is 2.34. The zero-order valence-corrected chi connectivity index (χ0v) is 23.5. The van der Waals surface area contributed by atoms with Gasteiger partial charge in [0.05, 0.1) is 11.5 Å². The minimum atomic E-state index is -0.772. The van der Waals surface area contributed by atoms with Crippen LogP contribution in [0.4, 0.5) is 4.39 Å². The molecular weight excluding hydrogens is 529 g/mol. The van der Waals surface area contributed by atoms with Crippen LogP contribution in [0.3, 0.4) is 0 Å². The van der Waals surface area contributed by atoms with Crippen molar-refractivity contribution in [1.29, 1.82) is 0 Å². The van der Waals surface area contributed by atoms with E-state index in [1.165, 1.54) is 12.1 Å². The lowest BCUT2D eigenvalue weighted by molar-refractivity contribution is -0.138. The maximum absolute atomic E-state index is 13.2. The van der Waals surface area contributed by atoms with Crippen molar-refractivity contribution in [3.63, 3.8) is 0 Å². The van der Waals surface area contributed by atoms with E-state index in [1.807, 2.05) is 18.2 Å². The highest BCUT2D eigenvalue weighted by molar-refractivity contribution is 8.18. The molecule has 1 N–H and O–H groups in total. The molecule has 1 amide bonds. The number of thioether (sulfide) groups is 1. The van der Waals surface area contributed by atoms with Gasteiger partial charge in [-0.15, -0.1) is 0 Å². The first-order valence-electron chi connectivity index (χ1n) is 12.8. The third-order valence-corrected chi connectivity index (χ3v) is 7.10. The molecule has 0 aliphatic carbocycles. The fourth-order valence-electron chi connectivity index (χ4n) is 3.88. The van der Waals surface area contributed by atoms with Crippen LogP contribution in [-0.2, 0) is 21.6 Å². The van der Waals surface area contributed by atoms with E-state index in [4.69, 9.17) is 9.47 Å². The predicted octanol–water partition coefficient (Wildman–Crippen LogP) is 7.40. The molecule has 0 spiro atoms. The average Bonchev–Trinajstić information content (AvgIpc) is 3.22. The van der Waals surface area contributed by atoms with E-state index in [0.717, 1.165) is 22.9 Å². The Morgan fingerprint density at radius 1 is 1.00 bits per heavy atom. The van der Waals surface area contributed by atoms with Crippen LogP contribution in [0, 0.1) is 5.82 Å². The minimum absolute atomic E-state index is 0.0526. The van der Waals surface area contributed by atoms with Gasteiger partial charge in [0.2, 0.25) is 0 Å². The van der Waals surface area contributed by atoms with E-state index in [9.17, 15) is 19.1 Å². The summed E-state index contributed by atoms with van der Waals surface area (Å²) in [5.41, 5.74) is 2.62. The van der Waals surface area contributed by atoms with Gasteiger partial charge in [-0.25, -0.2) is 14.2 Å². The normalized spacial score (nSPS) is 15.5. The smallest absolute Gasteiger partial charge is 0.344 e. The van der Waals surface area contributed by atoms with Gasteiger partial charge in [-0.2, -0.15) is 0 Å². The van der Waals surface area contributed by atoms with E-state index < -0.39 is 11.9 Å². The number of ether oxygens (including phenoxy) is 2.